The second kappa shape index (κ2) is 10.4. The highest BCUT2D eigenvalue weighted by atomic mass is 16.7. The number of aliphatic hydroxyl groups excluding tert-OH is 7. The molecule has 0 aliphatic carbocycles. The molecule has 0 radical (unpaired) electrons. The summed E-state index contributed by atoms with van der Waals surface area (Å²) in [5, 5.41) is 63.9. The van der Waals surface area contributed by atoms with Crippen LogP contribution in [0.5, 0.6) is 0 Å². The molecule has 0 aromatic heterocycles. The lowest BCUT2D eigenvalue weighted by Gasteiger charge is -2.27. The molecule has 6 atom stereocenters. The molecule has 0 bridgehead atoms. The van der Waals surface area contributed by atoms with E-state index in [1.165, 1.54) is 6.92 Å². The van der Waals surface area contributed by atoms with Gasteiger partial charge in [0.1, 0.15) is 37.3 Å². The second-order valence-corrected chi connectivity index (χ2v) is 4.37. The average Bonchev–Trinajstić information content (AvgIpc) is 2.44. The van der Waals surface area contributed by atoms with Crippen molar-refractivity contribution in [2.45, 2.75) is 43.5 Å². The number of rotatable bonds is 11. The molecule has 0 amide bonds. The summed E-state index contributed by atoms with van der Waals surface area (Å²) in [6, 6.07) is 0. The van der Waals surface area contributed by atoms with Crippen LogP contribution in [0.3, 0.4) is 0 Å². The maximum Gasteiger partial charge on any atom is 0.147 e. The lowest BCUT2D eigenvalue weighted by molar-refractivity contribution is -0.203. The predicted molar refractivity (Wildman–Crippen MR) is 65.6 cm³/mol. The van der Waals surface area contributed by atoms with Crippen LogP contribution in [-0.2, 0) is 9.47 Å². The Bertz CT molecular complexity index is 238. The van der Waals surface area contributed by atoms with Crippen LogP contribution in [0.1, 0.15) is 6.92 Å². The summed E-state index contributed by atoms with van der Waals surface area (Å²) in [6.07, 6.45) is -7.73. The molecule has 7 N–H and O–H groups in total. The van der Waals surface area contributed by atoms with Gasteiger partial charge in [0.2, 0.25) is 0 Å². The fourth-order valence-corrected chi connectivity index (χ4v) is 1.50. The highest BCUT2D eigenvalue weighted by Crippen LogP contribution is 2.09. The molecule has 0 saturated heterocycles. The van der Waals surface area contributed by atoms with Crippen LogP contribution in [0.15, 0.2) is 0 Å². The summed E-state index contributed by atoms with van der Waals surface area (Å²) in [4.78, 5) is 0. The van der Waals surface area contributed by atoms with Gasteiger partial charge in [-0.1, -0.05) is 0 Å². The van der Waals surface area contributed by atoms with Crippen molar-refractivity contribution in [1.29, 1.82) is 0 Å². The first kappa shape index (κ1) is 19.6. The normalized spacial score (nSPS) is 21.0. The van der Waals surface area contributed by atoms with Gasteiger partial charge < -0.3 is 45.2 Å². The first-order valence-electron chi connectivity index (χ1n) is 6.17. The summed E-state index contributed by atoms with van der Waals surface area (Å²) in [5.41, 5.74) is 0. The van der Waals surface area contributed by atoms with Gasteiger partial charge in [0.15, 0.2) is 0 Å². The van der Waals surface area contributed by atoms with Gasteiger partial charge in [0, 0.05) is 0 Å². The fraction of sp³-hybridized carbons (Fsp3) is 1.00. The number of aliphatic hydroxyl groups is 7. The maximum atomic E-state index is 9.52. The largest absolute Gasteiger partial charge is 0.394 e. The van der Waals surface area contributed by atoms with E-state index in [9.17, 15) is 20.4 Å². The highest BCUT2D eigenvalue weighted by Gasteiger charge is 2.28. The van der Waals surface area contributed by atoms with Crippen LogP contribution in [0.4, 0.5) is 0 Å². The molecule has 0 aliphatic rings. The fourth-order valence-electron chi connectivity index (χ4n) is 1.50. The smallest absolute Gasteiger partial charge is 0.147 e. The Balaban J connectivity index is 4.29. The van der Waals surface area contributed by atoms with Crippen molar-refractivity contribution in [1.82, 2.24) is 0 Å². The molecule has 0 aromatic rings. The minimum atomic E-state index is -1.53. The zero-order chi connectivity index (χ0) is 15.7. The Morgan fingerprint density at radius 2 is 1.35 bits per heavy atom. The predicted octanol–water partition coefficient (Wildman–Crippen LogP) is -3.85. The summed E-state index contributed by atoms with van der Waals surface area (Å²) in [5.74, 6) is 0. The lowest BCUT2D eigenvalue weighted by Crippen LogP contribution is -2.45. The Hall–Kier alpha value is -0.360. The number of hydrogen-bond donors (Lipinski definition) is 7. The molecular formula is C11H24O9. The molecule has 9 heteroatoms. The zero-order valence-corrected chi connectivity index (χ0v) is 11.2. The average molecular weight is 300 g/mol. The van der Waals surface area contributed by atoms with Gasteiger partial charge in [0.25, 0.3) is 0 Å². The van der Waals surface area contributed by atoms with Crippen molar-refractivity contribution in [3.63, 3.8) is 0 Å². The molecule has 0 rings (SSSR count). The first-order valence-corrected chi connectivity index (χ1v) is 6.17. The van der Waals surface area contributed by atoms with Gasteiger partial charge in [-0.25, -0.2) is 0 Å². The molecule has 20 heavy (non-hydrogen) atoms. The van der Waals surface area contributed by atoms with Crippen LogP contribution < -0.4 is 0 Å². The van der Waals surface area contributed by atoms with E-state index in [4.69, 9.17) is 24.8 Å². The topological polar surface area (TPSA) is 160 Å². The van der Waals surface area contributed by atoms with E-state index in [0.717, 1.165) is 0 Å². The minimum absolute atomic E-state index is 0.507. The van der Waals surface area contributed by atoms with Crippen molar-refractivity contribution < 1.29 is 45.2 Å². The number of hydrogen-bond acceptors (Lipinski definition) is 9. The van der Waals surface area contributed by atoms with Crippen LogP contribution in [-0.4, -0.2) is 99.0 Å². The van der Waals surface area contributed by atoms with Gasteiger partial charge in [-0.15, -0.1) is 0 Å². The van der Waals surface area contributed by atoms with E-state index in [1.807, 2.05) is 0 Å². The van der Waals surface area contributed by atoms with E-state index in [-0.39, 0.29) is 0 Å². The van der Waals surface area contributed by atoms with Crippen molar-refractivity contribution in [3.05, 3.63) is 0 Å². The SMILES string of the molecule is C[C@@H](O)[C@H](OCOC(CO)[C@H](O)C(O)CO)C(O)CO. The molecule has 0 aromatic carbocycles. The van der Waals surface area contributed by atoms with Crippen LogP contribution >= 0.6 is 0 Å². The van der Waals surface area contributed by atoms with Crippen molar-refractivity contribution in [3.8, 4) is 0 Å². The van der Waals surface area contributed by atoms with Gasteiger partial charge >= 0.3 is 0 Å². The van der Waals surface area contributed by atoms with Crippen molar-refractivity contribution in [2.75, 3.05) is 26.6 Å². The third kappa shape index (κ3) is 6.39. The molecule has 0 spiro atoms. The van der Waals surface area contributed by atoms with Crippen LogP contribution in [0, 0.1) is 0 Å². The Kier molecular flexibility index (Phi) is 10.2. The first-order chi connectivity index (χ1) is 9.38. The van der Waals surface area contributed by atoms with E-state index in [1.54, 1.807) is 0 Å². The van der Waals surface area contributed by atoms with Crippen LogP contribution in [0.2, 0.25) is 0 Å². The monoisotopic (exact) mass is 300 g/mol. The maximum absolute atomic E-state index is 9.52. The molecule has 0 saturated carbocycles. The van der Waals surface area contributed by atoms with Gasteiger partial charge in [-0.3, -0.25) is 0 Å². The summed E-state index contributed by atoms with van der Waals surface area (Å²) in [6.45, 7) is -1.12. The molecular weight excluding hydrogens is 276 g/mol. The van der Waals surface area contributed by atoms with Crippen molar-refractivity contribution >= 4 is 0 Å². The summed E-state index contributed by atoms with van der Waals surface area (Å²) >= 11 is 0. The Morgan fingerprint density at radius 3 is 1.75 bits per heavy atom. The van der Waals surface area contributed by atoms with E-state index >= 15 is 0 Å². The molecule has 0 heterocycles. The molecule has 0 fully saturated rings. The van der Waals surface area contributed by atoms with Gasteiger partial charge in [-0.05, 0) is 6.92 Å². The quantitative estimate of drug-likeness (QED) is 0.189. The van der Waals surface area contributed by atoms with E-state index in [2.05, 4.69) is 0 Å². The van der Waals surface area contributed by atoms with Gasteiger partial charge in [0.05, 0.1) is 25.9 Å². The van der Waals surface area contributed by atoms with Crippen molar-refractivity contribution in [2.24, 2.45) is 0 Å². The number of ether oxygens (including phenoxy) is 2. The third-order valence-corrected chi connectivity index (χ3v) is 2.73. The highest BCUT2D eigenvalue weighted by molar-refractivity contribution is 4.76. The Labute approximate surface area is 116 Å². The minimum Gasteiger partial charge on any atom is -0.394 e. The lowest BCUT2D eigenvalue weighted by atomic mass is 10.1. The molecule has 3 unspecified atom stereocenters. The third-order valence-electron chi connectivity index (χ3n) is 2.73. The van der Waals surface area contributed by atoms with E-state index < -0.39 is 63.2 Å². The molecule has 122 valence electrons. The van der Waals surface area contributed by atoms with Gasteiger partial charge in [-0.2, -0.15) is 0 Å². The summed E-state index contributed by atoms with van der Waals surface area (Å²) in [7, 11) is 0. The van der Waals surface area contributed by atoms with Crippen LogP contribution in [0.25, 0.3) is 0 Å². The molecule has 0 aliphatic heterocycles. The molecule has 9 nitrogen and oxygen atoms in total. The standard InChI is InChI=1S/C11H24O9/c1-6(15)11(8(17)3-13)20-5-19-9(4-14)10(18)7(16)2-12/h6-18H,2-5H2,1H3/t6-,7?,8?,9?,10-,11+/m1/s1. The zero-order valence-electron chi connectivity index (χ0n) is 11.2. The summed E-state index contributed by atoms with van der Waals surface area (Å²) < 4.78 is 9.96. The second-order valence-electron chi connectivity index (χ2n) is 4.37. The van der Waals surface area contributed by atoms with E-state index in [0.29, 0.717) is 0 Å². The Morgan fingerprint density at radius 1 is 0.800 bits per heavy atom.